The fourth-order valence-electron chi connectivity index (χ4n) is 4.35. The van der Waals surface area contributed by atoms with Crippen molar-refractivity contribution >= 4 is 88.1 Å². The van der Waals surface area contributed by atoms with E-state index in [1.54, 1.807) is 89.0 Å². The van der Waals surface area contributed by atoms with Crippen LogP contribution in [0.4, 0.5) is 0 Å². The number of rotatable bonds is 8. The number of carbonyl (C=O) groups excluding carboxylic acids is 2. The Balaban J connectivity index is 0.000000240. The first kappa shape index (κ1) is 35.4. The van der Waals surface area contributed by atoms with Crippen LogP contribution in [0.5, 0.6) is 0 Å². The minimum Gasteiger partial charge on any atom is -0.399 e. The zero-order chi connectivity index (χ0) is 33.0. The molecule has 16 heteroatoms. The predicted molar refractivity (Wildman–Crippen MR) is 180 cm³/mol. The Labute approximate surface area is 277 Å². The summed E-state index contributed by atoms with van der Waals surface area (Å²) in [5.74, 6) is -0.493. The molecular weight excluding hydrogens is 740 g/mol. The lowest BCUT2D eigenvalue weighted by Gasteiger charge is -2.21. The van der Waals surface area contributed by atoms with Gasteiger partial charge in [-0.2, -0.15) is 10.2 Å². The first-order valence-electron chi connectivity index (χ1n) is 12.8. The normalized spacial score (nSPS) is 23.5. The molecule has 0 spiro atoms. The summed E-state index contributed by atoms with van der Waals surface area (Å²) in [6.45, 7) is 3.39. The molecule has 2 aromatic carbocycles. The van der Waals surface area contributed by atoms with Crippen molar-refractivity contribution in [3.05, 3.63) is 59.7 Å². The molecule has 0 bridgehead atoms. The molecule has 44 heavy (non-hydrogen) atoms. The average Bonchev–Trinajstić information content (AvgIpc) is 3.38. The second-order valence-corrected chi connectivity index (χ2v) is 14.7. The van der Waals surface area contributed by atoms with Gasteiger partial charge in [-0.25, -0.2) is 10.0 Å². The number of hydrogen-bond donors (Lipinski definition) is 0. The van der Waals surface area contributed by atoms with E-state index in [0.717, 1.165) is 11.1 Å². The molecule has 0 fully saturated rings. The van der Waals surface area contributed by atoms with Crippen molar-refractivity contribution in [2.45, 2.75) is 32.3 Å². The molecule has 12 nitrogen and oxygen atoms in total. The van der Waals surface area contributed by atoms with E-state index in [4.69, 9.17) is 9.68 Å². The molecule has 0 radical (unpaired) electrons. The number of halogens is 2. The van der Waals surface area contributed by atoms with E-state index >= 15 is 0 Å². The van der Waals surface area contributed by atoms with E-state index in [1.807, 2.05) is 0 Å². The SMILES string of the molecule is CO/N=C(\C)C1(Br)C(=O)N(C)N=C1c1ccc(S(C)=O)cc1.CO/N=C(\C)C1(Br)C(=O)N(C)N=C1c1ccc(S(C)=O)cc1. The van der Waals surface area contributed by atoms with E-state index in [9.17, 15) is 18.0 Å². The van der Waals surface area contributed by atoms with Crippen LogP contribution in [0.1, 0.15) is 25.0 Å². The van der Waals surface area contributed by atoms with Gasteiger partial charge in [0.25, 0.3) is 11.8 Å². The molecule has 2 aliphatic rings. The topological polar surface area (TPSA) is 143 Å². The summed E-state index contributed by atoms with van der Waals surface area (Å²) in [4.78, 5) is 36.0. The minimum absolute atomic E-state index is 0.246. The third kappa shape index (κ3) is 6.77. The lowest BCUT2D eigenvalue weighted by Crippen LogP contribution is -2.46. The van der Waals surface area contributed by atoms with Crippen molar-refractivity contribution in [3.63, 3.8) is 0 Å². The summed E-state index contributed by atoms with van der Waals surface area (Å²) in [5, 5.41) is 18.9. The molecule has 2 amide bonds. The van der Waals surface area contributed by atoms with E-state index in [0.29, 0.717) is 32.6 Å². The van der Waals surface area contributed by atoms with Crippen LogP contribution in [0.2, 0.25) is 0 Å². The van der Waals surface area contributed by atoms with Crippen LogP contribution in [0.15, 0.2) is 78.8 Å². The molecule has 2 heterocycles. The number of hydrogen-bond acceptors (Lipinski definition) is 10. The Hall–Kier alpha value is -3.08. The van der Waals surface area contributed by atoms with Crippen LogP contribution < -0.4 is 0 Å². The molecule has 236 valence electrons. The number of nitrogens with zero attached hydrogens (tertiary/aromatic N) is 6. The van der Waals surface area contributed by atoms with Crippen LogP contribution in [-0.2, 0) is 40.9 Å². The maximum absolute atomic E-state index is 12.5. The summed E-state index contributed by atoms with van der Waals surface area (Å²) < 4.78 is 20.6. The van der Waals surface area contributed by atoms with Gasteiger partial charge in [-0.15, -0.1) is 0 Å². The number of carbonyl (C=O) groups is 2. The lowest BCUT2D eigenvalue weighted by atomic mass is 9.93. The Bertz CT molecular complexity index is 1490. The zero-order valence-electron chi connectivity index (χ0n) is 25.3. The Morgan fingerprint density at radius 2 is 1.00 bits per heavy atom. The number of oxime groups is 2. The van der Waals surface area contributed by atoms with E-state index in [-0.39, 0.29) is 11.8 Å². The van der Waals surface area contributed by atoms with Crippen molar-refractivity contribution in [1.29, 1.82) is 0 Å². The van der Waals surface area contributed by atoms with Crippen LogP contribution in [-0.4, -0.2) is 103 Å². The number of alkyl halides is 2. The highest BCUT2D eigenvalue weighted by Gasteiger charge is 2.52. The average molecular weight is 773 g/mol. The fourth-order valence-corrected chi connectivity index (χ4v) is 6.66. The summed E-state index contributed by atoms with van der Waals surface area (Å²) >= 11 is 6.95. The van der Waals surface area contributed by atoms with Crippen molar-refractivity contribution in [2.24, 2.45) is 20.5 Å². The van der Waals surface area contributed by atoms with E-state index in [1.165, 1.54) is 24.2 Å². The van der Waals surface area contributed by atoms with E-state index < -0.39 is 30.2 Å². The van der Waals surface area contributed by atoms with Gasteiger partial charge in [0.05, 0.1) is 11.4 Å². The summed E-state index contributed by atoms with van der Waals surface area (Å²) in [6, 6.07) is 14.2. The van der Waals surface area contributed by atoms with Gasteiger partial charge >= 0.3 is 0 Å². The van der Waals surface area contributed by atoms with Crippen LogP contribution in [0, 0.1) is 0 Å². The first-order chi connectivity index (χ1) is 20.6. The number of amides is 2. The molecule has 0 N–H and O–H groups in total. The monoisotopic (exact) mass is 770 g/mol. The molecule has 4 rings (SSSR count). The van der Waals surface area contributed by atoms with Crippen LogP contribution in [0.3, 0.4) is 0 Å². The molecule has 0 saturated carbocycles. The largest absolute Gasteiger partial charge is 0.399 e. The second kappa shape index (κ2) is 14.3. The zero-order valence-corrected chi connectivity index (χ0v) is 30.1. The second-order valence-electron chi connectivity index (χ2n) is 9.55. The summed E-state index contributed by atoms with van der Waals surface area (Å²) in [5.41, 5.74) is 3.43. The van der Waals surface area contributed by atoms with Gasteiger partial charge in [-0.05, 0) is 38.1 Å². The third-order valence-corrected chi connectivity index (χ3v) is 11.2. The number of benzene rings is 2. The smallest absolute Gasteiger partial charge is 0.271 e. The summed E-state index contributed by atoms with van der Waals surface area (Å²) in [6.07, 6.45) is 3.23. The molecule has 2 aliphatic heterocycles. The highest BCUT2D eigenvalue weighted by atomic mass is 79.9. The predicted octanol–water partition coefficient (Wildman–Crippen LogP) is 3.51. The van der Waals surface area contributed by atoms with Crippen molar-refractivity contribution in [2.75, 3.05) is 40.8 Å². The van der Waals surface area contributed by atoms with Gasteiger partial charge in [0.1, 0.15) is 25.6 Å². The maximum Gasteiger partial charge on any atom is 0.271 e. The van der Waals surface area contributed by atoms with Gasteiger partial charge < -0.3 is 9.68 Å². The summed E-state index contributed by atoms with van der Waals surface area (Å²) in [7, 11) is 3.90. The van der Waals surface area contributed by atoms with Gasteiger partial charge in [0.15, 0.2) is 8.65 Å². The van der Waals surface area contributed by atoms with Gasteiger partial charge in [0, 0.05) is 69.1 Å². The molecule has 4 unspecified atom stereocenters. The van der Waals surface area contributed by atoms with Crippen molar-refractivity contribution in [1.82, 2.24) is 10.0 Å². The van der Waals surface area contributed by atoms with Crippen LogP contribution >= 0.6 is 31.9 Å². The maximum atomic E-state index is 12.5. The molecule has 0 aromatic heterocycles. The molecular formula is C28H32Br2N6O6S2. The standard InChI is InChI=1S/2C14H16BrN3O3S/c2*1-9(17-21-3)14(15)12(16-18(2)13(14)19)10-5-7-11(8-6-10)22(4)20/h2*5-8H,1-4H3/b2*17-9+. The molecule has 0 saturated heterocycles. The lowest BCUT2D eigenvalue weighted by molar-refractivity contribution is -0.128. The fraction of sp³-hybridized carbons (Fsp3) is 0.357. The Morgan fingerprint density at radius 1 is 0.705 bits per heavy atom. The quantitative estimate of drug-likeness (QED) is 0.229. The Kier molecular flexibility index (Phi) is 11.5. The minimum atomic E-state index is -1.16. The van der Waals surface area contributed by atoms with Crippen LogP contribution in [0.25, 0.3) is 0 Å². The number of hydrazone groups is 2. The first-order valence-corrected chi connectivity index (χ1v) is 17.5. The third-order valence-electron chi connectivity index (χ3n) is 6.70. The highest BCUT2D eigenvalue weighted by Crippen LogP contribution is 2.35. The molecule has 0 aliphatic carbocycles. The van der Waals surface area contributed by atoms with Crippen molar-refractivity contribution < 1.29 is 27.7 Å². The van der Waals surface area contributed by atoms with E-state index in [2.05, 4.69) is 52.4 Å². The van der Waals surface area contributed by atoms with Gasteiger partial charge in [-0.3, -0.25) is 18.0 Å². The Morgan fingerprint density at radius 3 is 1.25 bits per heavy atom. The van der Waals surface area contributed by atoms with Gasteiger partial charge in [-0.1, -0.05) is 66.4 Å². The molecule has 4 atom stereocenters. The molecule has 2 aromatic rings. The van der Waals surface area contributed by atoms with Crippen molar-refractivity contribution in [3.8, 4) is 0 Å². The highest BCUT2D eigenvalue weighted by molar-refractivity contribution is 9.11. The van der Waals surface area contributed by atoms with Gasteiger partial charge in [0.2, 0.25) is 0 Å².